The number of hydrazone groups is 1. The maximum atomic E-state index is 9.60. The number of hydrogen-bond donors (Lipinski definition) is 2. The second-order valence-electron chi connectivity index (χ2n) is 6.79. The highest BCUT2D eigenvalue weighted by atomic mass is 16.3. The average Bonchev–Trinajstić information content (AvgIpc) is 3.11. The minimum absolute atomic E-state index is 0.146. The number of aromatic hydroxyl groups is 1. The molecule has 2 heterocycles. The van der Waals surface area contributed by atoms with Crippen LogP contribution in [0, 0.1) is 5.92 Å². The lowest BCUT2D eigenvalue weighted by Crippen LogP contribution is -2.24. The largest absolute Gasteiger partial charge is 0.508 e. The van der Waals surface area contributed by atoms with Gasteiger partial charge in [0, 0.05) is 23.3 Å². The van der Waals surface area contributed by atoms with Gasteiger partial charge in [-0.3, -0.25) is 0 Å². The first-order valence-electron chi connectivity index (χ1n) is 8.63. The summed E-state index contributed by atoms with van der Waals surface area (Å²) in [7, 11) is 0. The van der Waals surface area contributed by atoms with Crippen molar-refractivity contribution in [3.63, 3.8) is 0 Å². The summed E-state index contributed by atoms with van der Waals surface area (Å²) in [5, 5.41) is 13.9. The molecule has 2 aliphatic carbocycles. The molecule has 1 aromatic carbocycles. The highest BCUT2D eigenvalue weighted by Gasteiger charge is 2.33. The standard InChI is InChI=1S/C20H19N3O/c24-14-8-5-12(6-9-14)18-16-4-2-1-3-15(16)17-10-7-13-11-21-23-19(13)20(17)22-18/h5-11,13,19,23-24H,1-4H2. The Morgan fingerprint density at radius 2 is 1.83 bits per heavy atom. The first kappa shape index (κ1) is 13.8. The normalized spacial score (nSPS) is 23.3. The van der Waals surface area contributed by atoms with Crippen molar-refractivity contribution >= 4 is 12.3 Å². The third-order valence-electron chi connectivity index (χ3n) is 5.35. The number of nitrogens with zero attached hydrogens (tertiary/aromatic N) is 2. The van der Waals surface area contributed by atoms with Gasteiger partial charge in [0.1, 0.15) is 5.75 Å². The van der Waals surface area contributed by atoms with Crippen LogP contribution in [0.25, 0.3) is 17.3 Å². The Balaban J connectivity index is 1.74. The lowest BCUT2D eigenvalue weighted by atomic mass is 9.80. The van der Waals surface area contributed by atoms with Crippen molar-refractivity contribution in [1.29, 1.82) is 0 Å². The van der Waals surface area contributed by atoms with Gasteiger partial charge in [0.05, 0.1) is 17.4 Å². The molecule has 4 heteroatoms. The number of hydrogen-bond acceptors (Lipinski definition) is 4. The van der Waals surface area contributed by atoms with Gasteiger partial charge in [-0.2, -0.15) is 5.10 Å². The SMILES string of the molecule is Oc1ccc(-c2nc3c(c4c2CCCC4)C=CC2C=NNC32)cc1. The predicted octanol–water partition coefficient (Wildman–Crippen LogP) is 3.61. The number of benzene rings is 1. The summed E-state index contributed by atoms with van der Waals surface area (Å²) in [5.41, 5.74) is 10.6. The van der Waals surface area contributed by atoms with E-state index in [0.717, 1.165) is 29.8 Å². The number of phenolic OH excluding ortho intramolecular Hbond substituents is 1. The van der Waals surface area contributed by atoms with E-state index >= 15 is 0 Å². The smallest absolute Gasteiger partial charge is 0.115 e. The summed E-state index contributed by atoms with van der Waals surface area (Å²) < 4.78 is 0. The van der Waals surface area contributed by atoms with Crippen LogP contribution in [0.4, 0.5) is 0 Å². The van der Waals surface area contributed by atoms with Gasteiger partial charge in [0.25, 0.3) is 0 Å². The second-order valence-corrected chi connectivity index (χ2v) is 6.79. The Kier molecular flexibility index (Phi) is 2.98. The maximum absolute atomic E-state index is 9.60. The third kappa shape index (κ3) is 1.99. The minimum Gasteiger partial charge on any atom is -0.508 e. The molecule has 2 aromatic rings. The average molecular weight is 317 g/mol. The topological polar surface area (TPSA) is 57.5 Å². The summed E-state index contributed by atoms with van der Waals surface area (Å²) in [6.45, 7) is 0. The first-order chi connectivity index (χ1) is 11.8. The first-order valence-corrected chi connectivity index (χ1v) is 8.63. The van der Waals surface area contributed by atoms with Crippen molar-refractivity contribution in [3.05, 3.63) is 52.7 Å². The molecular formula is C20H19N3O. The number of pyridine rings is 1. The monoisotopic (exact) mass is 317 g/mol. The Morgan fingerprint density at radius 1 is 1.04 bits per heavy atom. The van der Waals surface area contributed by atoms with Gasteiger partial charge in [-0.15, -0.1) is 0 Å². The molecule has 0 fully saturated rings. The van der Waals surface area contributed by atoms with E-state index < -0.39 is 0 Å². The lowest BCUT2D eigenvalue weighted by Gasteiger charge is -2.29. The van der Waals surface area contributed by atoms with Crippen LogP contribution in [0.5, 0.6) is 5.75 Å². The Bertz CT molecular complexity index is 867. The summed E-state index contributed by atoms with van der Waals surface area (Å²) in [6, 6.07) is 7.56. The Labute approximate surface area is 140 Å². The van der Waals surface area contributed by atoms with Crippen LogP contribution >= 0.6 is 0 Å². The number of aromatic nitrogens is 1. The van der Waals surface area contributed by atoms with Gasteiger partial charge in [-0.05, 0) is 61.1 Å². The number of rotatable bonds is 1. The van der Waals surface area contributed by atoms with Crippen LogP contribution in [0.2, 0.25) is 0 Å². The summed E-state index contributed by atoms with van der Waals surface area (Å²) in [5.74, 6) is 0.582. The van der Waals surface area contributed by atoms with Crippen LogP contribution in [0.1, 0.15) is 41.3 Å². The van der Waals surface area contributed by atoms with E-state index in [9.17, 15) is 5.11 Å². The fraction of sp³-hybridized carbons (Fsp3) is 0.300. The van der Waals surface area contributed by atoms with E-state index in [1.54, 1.807) is 12.1 Å². The zero-order chi connectivity index (χ0) is 16.1. The molecule has 1 aliphatic heterocycles. The number of nitrogens with one attached hydrogen (secondary N) is 1. The summed E-state index contributed by atoms with van der Waals surface area (Å²) in [4.78, 5) is 5.09. The Hall–Kier alpha value is -2.62. The van der Waals surface area contributed by atoms with Crippen molar-refractivity contribution in [2.24, 2.45) is 11.0 Å². The van der Waals surface area contributed by atoms with E-state index in [1.165, 1.54) is 29.5 Å². The zero-order valence-electron chi connectivity index (χ0n) is 13.4. The molecule has 24 heavy (non-hydrogen) atoms. The maximum Gasteiger partial charge on any atom is 0.115 e. The number of fused-ring (bicyclic) bond motifs is 5. The number of phenols is 1. The van der Waals surface area contributed by atoms with E-state index in [2.05, 4.69) is 22.7 Å². The van der Waals surface area contributed by atoms with E-state index in [0.29, 0.717) is 11.7 Å². The molecule has 3 aliphatic rings. The lowest BCUT2D eigenvalue weighted by molar-refractivity contribution is 0.475. The van der Waals surface area contributed by atoms with E-state index in [1.807, 2.05) is 18.3 Å². The van der Waals surface area contributed by atoms with Gasteiger partial charge < -0.3 is 10.5 Å². The van der Waals surface area contributed by atoms with Crippen molar-refractivity contribution in [3.8, 4) is 17.0 Å². The molecule has 5 rings (SSSR count). The molecule has 0 saturated heterocycles. The molecule has 2 atom stereocenters. The fourth-order valence-corrected chi connectivity index (χ4v) is 4.14. The van der Waals surface area contributed by atoms with Gasteiger partial charge in [0.2, 0.25) is 0 Å². The van der Waals surface area contributed by atoms with E-state index in [4.69, 9.17) is 4.98 Å². The van der Waals surface area contributed by atoms with Crippen LogP contribution in [0.3, 0.4) is 0 Å². The molecule has 2 unspecified atom stereocenters. The molecule has 1 aromatic heterocycles. The van der Waals surface area contributed by atoms with Crippen molar-refractivity contribution in [2.75, 3.05) is 0 Å². The Morgan fingerprint density at radius 3 is 2.67 bits per heavy atom. The third-order valence-corrected chi connectivity index (χ3v) is 5.35. The fourth-order valence-electron chi connectivity index (χ4n) is 4.14. The van der Waals surface area contributed by atoms with Crippen LogP contribution < -0.4 is 5.43 Å². The highest BCUT2D eigenvalue weighted by molar-refractivity contribution is 5.77. The van der Waals surface area contributed by atoms with Gasteiger partial charge in [0.15, 0.2) is 0 Å². The van der Waals surface area contributed by atoms with Crippen LogP contribution in [0.15, 0.2) is 35.4 Å². The quantitative estimate of drug-likeness (QED) is 0.845. The molecule has 0 saturated carbocycles. The van der Waals surface area contributed by atoms with Gasteiger partial charge >= 0.3 is 0 Å². The zero-order valence-corrected chi connectivity index (χ0v) is 13.4. The summed E-state index contributed by atoms with van der Waals surface area (Å²) in [6.07, 6.45) is 11.1. The highest BCUT2D eigenvalue weighted by Crippen LogP contribution is 2.41. The van der Waals surface area contributed by atoms with Crippen LogP contribution in [-0.4, -0.2) is 16.3 Å². The molecule has 0 spiro atoms. The second kappa shape index (κ2) is 5.20. The van der Waals surface area contributed by atoms with Crippen molar-refractivity contribution < 1.29 is 5.11 Å². The van der Waals surface area contributed by atoms with Crippen molar-refractivity contribution in [1.82, 2.24) is 10.4 Å². The molecule has 0 bridgehead atoms. The van der Waals surface area contributed by atoms with E-state index in [-0.39, 0.29) is 6.04 Å². The molecule has 0 amide bonds. The molecule has 4 nitrogen and oxygen atoms in total. The predicted molar refractivity (Wildman–Crippen MR) is 94.9 cm³/mol. The summed E-state index contributed by atoms with van der Waals surface area (Å²) >= 11 is 0. The molecular weight excluding hydrogens is 298 g/mol. The molecule has 120 valence electrons. The molecule has 0 radical (unpaired) electrons. The minimum atomic E-state index is 0.146. The van der Waals surface area contributed by atoms with Crippen molar-refractivity contribution in [2.45, 2.75) is 31.7 Å². The van der Waals surface area contributed by atoms with Crippen LogP contribution in [-0.2, 0) is 12.8 Å². The van der Waals surface area contributed by atoms with Gasteiger partial charge in [-0.25, -0.2) is 4.98 Å². The van der Waals surface area contributed by atoms with Gasteiger partial charge in [-0.1, -0.05) is 12.2 Å². The molecule has 2 N–H and O–H groups in total.